The van der Waals surface area contributed by atoms with Gasteiger partial charge in [0.25, 0.3) is 0 Å². The first-order valence-corrected chi connectivity index (χ1v) is 16.7. The number of furan rings is 1. The lowest BCUT2D eigenvalue weighted by molar-refractivity contribution is 0.628. The van der Waals surface area contributed by atoms with Crippen molar-refractivity contribution < 1.29 is 13.2 Å². The second kappa shape index (κ2) is 11.5. The Morgan fingerprint density at radius 2 is 1.04 bits per heavy atom. The van der Waals surface area contributed by atoms with E-state index in [1.807, 2.05) is 35.2 Å². The van der Waals surface area contributed by atoms with Crippen LogP contribution < -0.4 is 9.80 Å². The number of fused-ring (bicyclic) bond motifs is 5. The van der Waals surface area contributed by atoms with Gasteiger partial charge in [-0.15, -0.1) is 0 Å². The van der Waals surface area contributed by atoms with Gasteiger partial charge in [0.15, 0.2) is 0 Å². The van der Waals surface area contributed by atoms with Gasteiger partial charge in [-0.25, -0.2) is 8.78 Å². The van der Waals surface area contributed by atoms with Crippen LogP contribution in [0.1, 0.15) is 25.0 Å². The van der Waals surface area contributed by atoms with Crippen molar-refractivity contribution >= 4 is 56.1 Å². The maximum atomic E-state index is 13.9. The molecule has 0 unspecified atom stereocenters. The summed E-state index contributed by atoms with van der Waals surface area (Å²) in [7, 11) is 0. The topological polar surface area (TPSA) is 19.6 Å². The summed E-state index contributed by atoms with van der Waals surface area (Å²) in [4.78, 5) is 4.36. The molecule has 3 nitrogen and oxygen atoms in total. The average molecular weight is 655 g/mol. The first-order valence-electron chi connectivity index (χ1n) is 16.7. The number of hydrogen-bond acceptors (Lipinski definition) is 3. The van der Waals surface area contributed by atoms with Crippen LogP contribution >= 0.6 is 0 Å². The van der Waals surface area contributed by atoms with Crippen molar-refractivity contribution in [3.05, 3.63) is 180 Å². The normalized spacial score (nSPS) is 13.3. The van der Waals surface area contributed by atoms with E-state index in [-0.39, 0.29) is 17.0 Å². The minimum atomic E-state index is -0.319. The van der Waals surface area contributed by atoms with Gasteiger partial charge in [0.05, 0.1) is 11.4 Å². The predicted molar refractivity (Wildman–Crippen MR) is 201 cm³/mol. The standard InChI is InChI=1S/C45H32F2N2O/c1-45(2)39-10-4-6-12-41(39)49(42-13-7-5-11-40(42)45)35-27-37(44-38(28-35)36-9-3-8-14-43(36)50-44)29-15-21-32(22-16-29)48(33-23-17-30(46)18-24-33)34-25-19-31(47)20-26-34/h3-28H,1-2H3. The molecule has 0 N–H and O–H groups in total. The Morgan fingerprint density at radius 1 is 0.540 bits per heavy atom. The van der Waals surface area contributed by atoms with Crippen LogP contribution in [0.2, 0.25) is 0 Å². The molecule has 8 aromatic rings. The van der Waals surface area contributed by atoms with E-state index in [0.717, 1.165) is 67.2 Å². The van der Waals surface area contributed by atoms with Gasteiger partial charge in [0.1, 0.15) is 22.8 Å². The van der Waals surface area contributed by atoms with Gasteiger partial charge in [-0.05, 0) is 108 Å². The largest absolute Gasteiger partial charge is 0.455 e. The van der Waals surface area contributed by atoms with Crippen molar-refractivity contribution in [2.75, 3.05) is 9.80 Å². The molecule has 5 heteroatoms. The van der Waals surface area contributed by atoms with Crippen molar-refractivity contribution in [2.45, 2.75) is 19.3 Å². The fraction of sp³-hybridized carbons (Fsp3) is 0.0667. The number of hydrogen-bond donors (Lipinski definition) is 0. The van der Waals surface area contributed by atoms with Crippen molar-refractivity contribution in [3.63, 3.8) is 0 Å². The highest BCUT2D eigenvalue weighted by Crippen LogP contribution is 2.53. The highest BCUT2D eigenvalue weighted by molar-refractivity contribution is 6.12. The highest BCUT2D eigenvalue weighted by Gasteiger charge is 2.36. The Bertz CT molecular complexity index is 2440. The minimum Gasteiger partial charge on any atom is -0.455 e. The van der Waals surface area contributed by atoms with E-state index < -0.39 is 0 Å². The van der Waals surface area contributed by atoms with E-state index in [1.165, 1.54) is 35.4 Å². The Balaban J connectivity index is 1.24. The number of anilines is 6. The Labute approximate surface area is 289 Å². The molecule has 0 saturated carbocycles. The van der Waals surface area contributed by atoms with E-state index in [4.69, 9.17) is 4.42 Å². The molecule has 242 valence electrons. The molecule has 7 aromatic carbocycles. The average Bonchev–Trinajstić information content (AvgIpc) is 3.52. The van der Waals surface area contributed by atoms with Crippen LogP contribution in [0.4, 0.5) is 42.9 Å². The number of rotatable bonds is 5. The molecular formula is C45H32F2N2O. The van der Waals surface area contributed by atoms with Crippen LogP contribution in [-0.2, 0) is 5.41 Å². The molecule has 50 heavy (non-hydrogen) atoms. The molecule has 1 aliphatic heterocycles. The van der Waals surface area contributed by atoms with Gasteiger partial charge in [0.2, 0.25) is 0 Å². The van der Waals surface area contributed by atoms with Crippen LogP contribution in [0.15, 0.2) is 162 Å². The number of para-hydroxylation sites is 3. The molecule has 0 aliphatic carbocycles. The third-order valence-corrected chi connectivity index (χ3v) is 9.96. The van der Waals surface area contributed by atoms with Crippen molar-refractivity contribution in [3.8, 4) is 11.1 Å². The maximum absolute atomic E-state index is 13.9. The van der Waals surface area contributed by atoms with E-state index in [1.54, 1.807) is 24.3 Å². The first-order chi connectivity index (χ1) is 24.4. The van der Waals surface area contributed by atoms with E-state index in [2.05, 4.69) is 97.6 Å². The maximum Gasteiger partial charge on any atom is 0.143 e. The lowest BCUT2D eigenvalue weighted by Gasteiger charge is -2.42. The van der Waals surface area contributed by atoms with Crippen LogP contribution in [0.3, 0.4) is 0 Å². The number of halogens is 2. The van der Waals surface area contributed by atoms with E-state index in [9.17, 15) is 8.78 Å². The Kier molecular flexibility index (Phi) is 6.85. The summed E-state index contributed by atoms with van der Waals surface area (Å²) in [5.74, 6) is -0.638. The zero-order chi connectivity index (χ0) is 34.0. The SMILES string of the molecule is CC1(C)c2ccccc2N(c2cc(-c3ccc(N(c4ccc(F)cc4)c4ccc(F)cc4)cc3)c3oc4ccccc4c3c2)c2ccccc21. The van der Waals surface area contributed by atoms with E-state index in [0.29, 0.717) is 0 Å². The van der Waals surface area contributed by atoms with Crippen molar-refractivity contribution in [2.24, 2.45) is 0 Å². The van der Waals surface area contributed by atoms with Gasteiger partial charge in [-0.2, -0.15) is 0 Å². The Morgan fingerprint density at radius 3 is 1.62 bits per heavy atom. The molecule has 0 saturated heterocycles. The molecule has 0 atom stereocenters. The van der Waals surface area contributed by atoms with Gasteiger partial charge >= 0.3 is 0 Å². The number of nitrogens with zero attached hydrogens (tertiary/aromatic N) is 2. The van der Waals surface area contributed by atoms with Gasteiger partial charge in [0, 0.05) is 44.5 Å². The zero-order valence-electron chi connectivity index (χ0n) is 27.6. The number of benzene rings is 7. The molecule has 1 aliphatic rings. The molecular weight excluding hydrogens is 623 g/mol. The molecule has 0 fully saturated rings. The summed E-state index contributed by atoms with van der Waals surface area (Å²) in [5, 5.41) is 2.09. The lowest BCUT2D eigenvalue weighted by Crippen LogP contribution is -2.30. The summed E-state index contributed by atoms with van der Waals surface area (Å²) < 4.78 is 34.5. The van der Waals surface area contributed by atoms with Gasteiger partial charge in [-0.1, -0.05) is 80.6 Å². The second-order valence-electron chi connectivity index (χ2n) is 13.3. The molecule has 9 rings (SSSR count). The van der Waals surface area contributed by atoms with Crippen LogP contribution in [0, 0.1) is 11.6 Å². The van der Waals surface area contributed by atoms with Crippen LogP contribution in [-0.4, -0.2) is 0 Å². The summed E-state index contributed by atoms with van der Waals surface area (Å²) >= 11 is 0. The molecule has 0 spiro atoms. The smallest absolute Gasteiger partial charge is 0.143 e. The van der Waals surface area contributed by atoms with Crippen molar-refractivity contribution in [1.82, 2.24) is 0 Å². The fourth-order valence-corrected chi connectivity index (χ4v) is 7.52. The quantitative estimate of drug-likeness (QED) is 0.184. The van der Waals surface area contributed by atoms with Crippen LogP contribution in [0.5, 0.6) is 0 Å². The minimum absolute atomic E-state index is 0.171. The van der Waals surface area contributed by atoms with Crippen LogP contribution in [0.25, 0.3) is 33.1 Å². The third-order valence-electron chi connectivity index (χ3n) is 9.96. The van der Waals surface area contributed by atoms with Crippen molar-refractivity contribution in [1.29, 1.82) is 0 Å². The summed E-state index contributed by atoms with van der Waals surface area (Å²) in [6, 6.07) is 50.9. The molecule has 0 amide bonds. The third kappa shape index (κ3) is 4.77. The fourth-order valence-electron chi connectivity index (χ4n) is 7.52. The molecule has 0 bridgehead atoms. The first kappa shape index (κ1) is 29.9. The van der Waals surface area contributed by atoms with Gasteiger partial charge in [-0.3, -0.25) is 0 Å². The zero-order valence-corrected chi connectivity index (χ0v) is 27.6. The molecule has 2 heterocycles. The lowest BCUT2D eigenvalue weighted by atomic mass is 9.73. The van der Waals surface area contributed by atoms with E-state index >= 15 is 0 Å². The van der Waals surface area contributed by atoms with Gasteiger partial charge < -0.3 is 14.2 Å². The monoisotopic (exact) mass is 654 g/mol. The predicted octanol–water partition coefficient (Wildman–Crippen LogP) is 13.1. The summed E-state index contributed by atoms with van der Waals surface area (Å²) in [5.41, 5.74) is 11.7. The summed E-state index contributed by atoms with van der Waals surface area (Å²) in [6.45, 7) is 4.59. The summed E-state index contributed by atoms with van der Waals surface area (Å²) in [6.07, 6.45) is 0. The Hall–Kier alpha value is -6.20. The molecule has 1 aromatic heterocycles. The molecule has 0 radical (unpaired) electrons. The highest BCUT2D eigenvalue weighted by atomic mass is 19.1. The second-order valence-corrected chi connectivity index (χ2v) is 13.3.